The lowest BCUT2D eigenvalue weighted by Crippen LogP contribution is -2.10. The minimum absolute atomic E-state index is 0.853. The number of aromatic nitrogens is 1. The molecule has 0 saturated carbocycles. The summed E-state index contributed by atoms with van der Waals surface area (Å²) in [6.07, 6.45) is 0. The smallest absolute Gasteiger partial charge is 0.143 e. The Hall–Kier alpha value is -16.1. The van der Waals surface area contributed by atoms with Crippen LogP contribution in [0.2, 0.25) is 0 Å². The number of benzene rings is 20. The van der Waals surface area contributed by atoms with Crippen molar-refractivity contribution in [3.8, 4) is 106 Å². The van der Waals surface area contributed by atoms with Gasteiger partial charge in [0.1, 0.15) is 22.3 Å². The second-order valence-corrected chi connectivity index (χ2v) is 31.5. The predicted molar refractivity (Wildman–Crippen MR) is 509 cm³/mol. The lowest BCUT2D eigenvalue weighted by molar-refractivity contribution is 0.669. The first-order chi connectivity index (χ1) is 59.9. The Kier molecular flexibility index (Phi) is 17.2. The number of furan rings is 2. The van der Waals surface area contributed by atoms with Gasteiger partial charge < -0.3 is 23.2 Å². The topological polar surface area (TPSA) is 37.7 Å². The van der Waals surface area contributed by atoms with E-state index in [-0.39, 0.29) is 0 Å². The van der Waals surface area contributed by atoms with Gasteiger partial charge in [0.15, 0.2) is 0 Å². The molecule has 0 spiro atoms. The fourth-order valence-electron chi connectivity index (χ4n) is 18.2. The maximum absolute atomic E-state index is 6.88. The van der Waals surface area contributed by atoms with Crippen LogP contribution in [-0.2, 0) is 0 Å². The first-order valence-corrected chi connectivity index (χ1v) is 41.4. The average Bonchev–Trinajstić information content (AvgIpc) is 1.60. The molecule has 0 amide bonds. The van der Waals surface area contributed by atoms with E-state index in [1.165, 1.54) is 60.2 Å². The normalized spacial score (nSPS) is 11.6. The Morgan fingerprint density at radius 1 is 0.165 bits per heavy atom. The average molecular weight is 1540 g/mol. The third-order valence-corrected chi connectivity index (χ3v) is 24.4. The quantitative estimate of drug-likeness (QED) is 0.0966. The molecule has 0 radical (unpaired) electrons. The van der Waals surface area contributed by atoms with Crippen LogP contribution < -0.4 is 9.80 Å². The Balaban J connectivity index is 0.518. The van der Waals surface area contributed by atoms with Crippen molar-refractivity contribution < 1.29 is 8.83 Å². The van der Waals surface area contributed by atoms with E-state index in [0.29, 0.717) is 0 Å². The summed E-state index contributed by atoms with van der Waals surface area (Å²) < 4.78 is 15.5. The summed E-state index contributed by atoms with van der Waals surface area (Å²) in [7, 11) is 0. The zero-order chi connectivity index (χ0) is 79.9. The van der Waals surface area contributed by atoms with E-state index in [1.807, 2.05) is 12.1 Å². The monoisotopic (exact) mass is 1540 g/mol. The van der Waals surface area contributed by atoms with Crippen LogP contribution in [0.4, 0.5) is 34.1 Å². The molecule has 0 bridgehead atoms. The van der Waals surface area contributed by atoms with E-state index in [9.17, 15) is 0 Å². The summed E-state index contributed by atoms with van der Waals surface area (Å²) in [6, 6.07) is 165. The van der Waals surface area contributed by atoms with Crippen molar-refractivity contribution in [1.29, 1.82) is 0 Å². The lowest BCUT2D eigenvalue weighted by atomic mass is 9.95. The maximum atomic E-state index is 6.88. The molecular weight excluding hydrogens is 1470 g/mol. The molecule has 0 unspecified atom stereocenters. The first kappa shape index (κ1) is 70.3. The van der Waals surface area contributed by atoms with Crippen LogP contribution in [0.1, 0.15) is 0 Å². The molecule has 5 heteroatoms. The van der Waals surface area contributed by atoms with Crippen molar-refractivity contribution in [1.82, 2.24) is 4.57 Å². The fourth-order valence-corrected chi connectivity index (χ4v) is 18.2. The number of fused-ring (bicyclic) bond motifs is 11. The zero-order valence-corrected chi connectivity index (χ0v) is 66.0. The van der Waals surface area contributed by atoms with Crippen molar-refractivity contribution in [2.24, 2.45) is 0 Å². The summed E-state index contributed by atoms with van der Waals surface area (Å²) in [5, 5.41) is 11.7. The van der Waals surface area contributed by atoms with Gasteiger partial charge in [-0.25, -0.2) is 0 Å². The van der Waals surface area contributed by atoms with Gasteiger partial charge in [0.25, 0.3) is 0 Å². The van der Waals surface area contributed by atoms with Crippen LogP contribution in [0.25, 0.3) is 193 Å². The molecule has 0 N–H and O–H groups in total. The molecule has 0 aliphatic heterocycles. The highest BCUT2D eigenvalue weighted by molar-refractivity contribution is 6.12. The van der Waals surface area contributed by atoms with Gasteiger partial charge in [0.2, 0.25) is 0 Å². The van der Waals surface area contributed by atoms with E-state index in [2.05, 4.69) is 457 Å². The molecule has 566 valence electrons. The van der Waals surface area contributed by atoms with Crippen LogP contribution in [0.5, 0.6) is 0 Å². The minimum Gasteiger partial charge on any atom is -0.456 e. The molecule has 0 fully saturated rings. The van der Waals surface area contributed by atoms with Gasteiger partial charge >= 0.3 is 0 Å². The highest BCUT2D eigenvalue weighted by atomic mass is 16.3. The molecule has 0 saturated heterocycles. The summed E-state index contributed by atoms with van der Waals surface area (Å²) in [4.78, 5) is 4.72. The zero-order valence-electron chi connectivity index (χ0n) is 66.0. The molecule has 0 atom stereocenters. The third-order valence-electron chi connectivity index (χ3n) is 24.4. The number of nitrogens with zero attached hydrogens (tertiary/aromatic N) is 3. The van der Waals surface area contributed by atoms with Gasteiger partial charge in [-0.15, -0.1) is 0 Å². The van der Waals surface area contributed by atoms with Crippen molar-refractivity contribution in [3.63, 3.8) is 0 Å². The van der Waals surface area contributed by atoms with Crippen LogP contribution in [0, 0.1) is 0 Å². The van der Waals surface area contributed by atoms with Crippen LogP contribution in [-0.4, -0.2) is 4.57 Å². The molecule has 23 rings (SSSR count). The number of anilines is 6. The molecule has 121 heavy (non-hydrogen) atoms. The minimum atomic E-state index is 0.853. The van der Waals surface area contributed by atoms with E-state index >= 15 is 0 Å². The molecule has 3 aromatic heterocycles. The second kappa shape index (κ2) is 29.6. The number of hydrogen-bond donors (Lipinski definition) is 0. The van der Waals surface area contributed by atoms with Gasteiger partial charge in [0.05, 0.1) is 11.0 Å². The Morgan fingerprint density at radius 3 is 1.05 bits per heavy atom. The highest BCUT2D eigenvalue weighted by Gasteiger charge is 2.22. The summed E-state index contributed by atoms with van der Waals surface area (Å²) in [5.74, 6) is 0. The number of para-hydroxylation sites is 4. The van der Waals surface area contributed by atoms with Gasteiger partial charge in [-0.3, -0.25) is 0 Å². The van der Waals surface area contributed by atoms with Crippen molar-refractivity contribution in [2.45, 2.75) is 0 Å². The molecule has 23 aromatic rings. The van der Waals surface area contributed by atoms with Gasteiger partial charge in [-0.2, -0.15) is 0 Å². The van der Waals surface area contributed by atoms with Gasteiger partial charge in [0, 0.05) is 77.7 Å². The summed E-state index contributed by atoms with van der Waals surface area (Å²) in [6.45, 7) is 0. The van der Waals surface area contributed by atoms with E-state index in [1.54, 1.807) is 0 Å². The first-order valence-electron chi connectivity index (χ1n) is 41.4. The number of rotatable bonds is 16. The van der Waals surface area contributed by atoms with Gasteiger partial charge in [-0.1, -0.05) is 297 Å². The van der Waals surface area contributed by atoms with Crippen molar-refractivity contribution >= 4 is 121 Å². The van der Waals surface area contributed by atoms with E-state index in [0.717, 1.165) is 167 Å². The predicted octanol–water partition coefficient (Wildman–Crippen LogP) is 32.8. The molecule has 0 aliphatic rings. The summed E-state index contributed by atoms with van der Waals surface area (Å²) >= 11 is 0. The molecular formula is C116H75N3O2. The fraction of sp³-hybridized carbons (Fsp3) is 0. The Bertz CT molecular complexity index is 7880. The van der Waals surface area contributed by atoms with Crippen molar-refractivity contribution in [3.05, 3.63) is 455 Å². The van der Waals surface area contributed by atoms with E-state index in [4.69, 9.17) is 8.83 Å². The standard InChI is InChI=1S/C116H75N3O2/c1-2-17-76(18-3-1)88-25-14-27-102(72-88)118(101-63-51-81(52-64-101)94-53-65-114-109(74-94)107-31-8-11-36-113(107)120-114)100-61-45-79(46-62-100)85-22-13-24-87(68-85)91-39-40-93-71-96(42-41-92(93)70-91)104-32-16-33-108-110-75-95(54-66-115(110)121-116(104)108)82-49-59-99(60-50-82)117(97-55-43-78(44-56-97)84-21-12-23-86(67-84)90-38-37-77-19-4-5-20-83(77)69-90)98-57-47-80(48-58-98)89-26-15-28-103(73-89)119-111-34-9-6-29-105(111)106-30-7-10-35-112(106)119/h1-75H. The molecule has 3 heterocycles. The molecule has 20 aromatic carbocycles. The van der Waals surface area contributed by atoms with Gasteiger partial charge in [-0.05, 0) is 274 Å². The Labute approximate surface area is 700 Å². The summed E-state index contributed by atoms with van der Waals surface area (Å²) in [5.41, 5.74) is 34.0. The molecule has 0 aliphatic carbocycles. The second-order valence-electron chi connectivity index (χ2n) is 31.5. The number of hydrogen-bond acceptors (Lipinski definition) is 4. The lowest BCUT2D eigenvalue weighted by Gasteiger charge is -2.26. The third kappa shape index (κ3) is 12.9. The van der Waals surface area contributed by atoms with Crippen molar-refractivity contribution in [2.75, 3.05) is 9.80 Å². The molecule has 5 nitrogen and oxygen atoms in total. The largest absolute Gasteiger partial charge is 0.456 e. The van der Waals surface area contributed by atoms with Crippen LogP contribution in [0.15, 0.2) is 464 Å². The maximum Gasteiger partial charge on any atom is 0.143 e. The van der Waals surface area contributed by atoms with E-state index < -0.39 is 0 Å². The Morgan fingerprint density at radius 2 is 0.496 bits per heavy atom. The highest BCUT2D eigenvalue weighted by Crippen LogP contribution is 2.46. The SMILES string of the molecule is c1ccc(-c2cccc(N(c3ccc(-c4cccc(-c5ccc6cc(-c7cccc8c7oc7ccc(-c9ccc(N(c%10ccc(-c%11cccc(-c%12ccc%13ccccc%13c%12)c%11)cc%10)c%10ccc(-c%11cccc(-n%12c%13ccccc%13c%13ccccc%13%12)c%11)cc%10)cc9)cc78)ccc6c5)c4)cc3)c3ccc(-c4ccc5oc6ccccc6c5c4)cc3)c2)cc1. The van der Waals surface area contributed by atoms with Crippen LogP contribution >= 0.6 is 0 Å². The van der Waals surface area contributed by atoms with Crippen LogP contribution in [0.3, 0.4) is 0 Å².